The molecule has 0 saturated carbocycles. The number of nitrogens with zero attached hydrogens (tertiary/aromatic N) is 3. The number of hydrogen-bond donors (Lipinski definition) is 2. The summed E-state index contributed by atoms with van der Waals surface area (Å²) < 4.78 is 14.0. The lowest BCUT2D eigenvalue weighted by Crippen LogP contribution is -2.37. The predicted molar refractivity (Wildman–Crippen MR) is 101 cm³/mol. The second-order valence-electron chi connectivity index (χ2n) is 6.09. The van der Waals surface area contributed by atoms with Gasteiger partial charge < -0.3 is 10.2 Å². The van der Waals surface area contributed by atoms with Gasteiger partial charge in [-0.15, -0.1) is 0 Å². The highest BCUT2D eigenvalue weighted by Gasteiger charge is 2.19. The number of amides is 2. The van der Waals surface area contributed by atoms with Crippen LogP contribution in [0, 0.1) is 5.82 Å². The number of rotatable bonds is 3. The van der Waals surface area contributed by atoms with E-state index in [1.54, 1.807) is 24.3 Å². The number of aromatic nitrogens is 3. The van der Waals surface area contributed by atoms with E-state index in [4.69, 9.17) is 0 Å². The molecule has 1 fully saturated rings. The summed E-state index contributed by atoms with van der Waals surface area (Å²) in [5, 5.41) is 12.5. The lowest BCUT2D eigenvalue weighted by atomic mass is 10.1. The molecule has 0 atom stereocenters. The van der Waals surface area contributed by atoms with Crippen molar-refractivity contribution in [2.75, 3.05) is 29.9 Å². The molecule has 2 aromatic carbocycles. The van der Waals surface area contributed by atoms with E-state index in [1.165, 1.54) is 6.07 Å². The molecule has 0 bridgehead atoms. The van der Waals surface area contributed by atoms with Gasteiger partial charge in [0.05, 0.1) is 0 Å². The van der Waals surface area contributed by atoms with Crippen LogP contribution in [-0.4, -0.2) is 56.7 Å². The number of hydrogen-bond acceptors (Lipinski definition) is 5. The third-order valence-electron chi connectivity index (χ3n) is 4.30. The molecule has 4 rings (SSSR count). The zero-order valence-electron chi connectivity index (χ0n) is 14.2. The van der Waals surface area contributed by atoms with E-state index in [9.17, 15) is 14.0 Å². The fraction of sp³-hybridized carbons (Fsp3) is 0.222. The van der Waals surface area contributed by atoms with Crippen molar-refractivity contribution in [2.24, 2.45) is 0 Å². The first-order valence-corrected chi connectivity index (χ1v) is 9.56. The number of carbonyl (C=O) groups is 2. The van der Waals surface area contributed by atoms with Crippen molar-refractivity contribution in [3.63, 3.8) is 0 Å². The molecule has 2 heterocycles. The van der Waals surface area contributed by atoms with E-state index in [-0.39, 0.29) is 22.5 Å². The molecule has 1 aliphatic rings. The number of thioether (sulfide) groups is 1. The molecule has 2 N–H and O–H groups in total. The monoisotopic (exact) mass is 385 g/mol. The highest BCUT2D eigenvalue weighted by Crippen LogP contribution is 2.19. The van der Waals surface area contributed by atoms with Gasteiger partial charge in [0.1, 0.15) is 11.0 Å². The van der Waals surface area contributed by atoms with Gasteiger partial charge in [0, 0.05) is 41.4 Å². The molecular weight excluding hydrogens is 369 g/mol. The minimum absolute atomic E-state index is 0.0542. The smallest absolute Gasteiger partial charge is 0.255 e. The molecular formula is C18H16FN5O2S. The third-order valence-corrected chi connectivity index (χ3v) is 5.25. The van der Waals surface area contributed by atoms with Crippen molar-refractivity contribution in [1.82, 2.24) is 20.3 Å². The molecule has 1 aliphatic heterocycles. The summed E-state index contributed by atoms with van der Waals surface area (Å²) in [6.07, 6.45) is 0. The first-order chi connectivity index (χ1) is 13.1. The molecule has 0 spiro atoms. The Labute approximate surface area is 158 Å². The molecule has 1 aromatic heterocycles. The van der Waals surface area contributed by atoms with E-state index < -0.39 is 11.7 Å². The van der Waals surface area contributed by atoms with Gasteiger partial charge in [-0.2, -0.15) is 27.2 Å². The number of fused-ring (bicyclic) bond motifs is 1. The van der Waals surface area contributed by atoms with Crippen LogP contribution in [0.5, 0.6) is 0 Å². The summed E-state index contributed by atoms with van der Waals surface area (Å²) in [7, 11) is 0. The van der Waals surface area contributed by atoms with Gasteiger partial charge >= 0.3 is 0 Å². The van der Waals surface area contributed by atoms with E-state index in [0.29, 0.717) is 11.3 Å². The average Bonchev–Trinajstić information content (AvgIpc) is 3.17. The third kappa shape index (κ3) is 3.63. The Kier molecular flexibility index (Phi) is 4.76. The van der Waals surface area contributed by atoms with E-state index in [2.05, 4.69) is 20.7 Å². The fourth-order valence-corrected chi connectivity index (χ4v) is 3.83. The number of halogens is 1. The van der Waals surface area contributed by atoms with Crippen molar-refractivity contribution in [3.05, 3.63) is 53.3 Å². The molecule has 1 saturated heterocycles. The first-order valence-electron chi connectivity index (χ1n) is 8.40. The molecule has 138 valence electrons. The summed E-state index contributed by atoms with van der Waals surface area (Å²) in [4.78, 5) is 26.9. The van der Waals surface area contributed by atoms with Gasteiger partial charge in [-0.25, -0.2) is 4.39 Å². The number of aromatic amines is 1. The van der Waals surface area contributed by atoms with Crippen molar-refractivity contribution in [3.8, 4) is 0 Å². The van der Waals surface area contributed by atoms with Crippen LogP contribution in [0.4, 0.5) is 10.1 Å². The highest BCUT2D eigenvalue weighted by molar-refractivity contribution is 7.99. The van der Waals surface area contributed by atoms with E-state index >= 15 is 0 Å². The Hall–Kier alpha value is -2.94. The van der Waals surface area contributed by atoms with Crippen LogP contribution in [0.3, 0.4) is 0 Å². The Bertz CT molecular complexity index is 1020. The summed E-state index contributed by atoms with van der Waals surface area (Å²) in [5.74, 6) is 0.689. The van der Waals surface area contributed by atoms with Gasteiger partial charge in [0.25, 0.3) is 11.8 Å². The predicted octanol–water partition coefficient (Wildman–Crippen LogP) is 2.54. The first kappa shape index (κ1) is 17.5. The van der Waals surface area contributed by atoms with Gasteiger partial charge in [-0.3, -0.25) is 9.59 Å². The largest absolute Gasteiger partial charge is 0.337 e. The van der Waals surface area contributed by atoms with Gasteiger partial charge in [-0.05, 0) is 30.3 Å². The molecule has 27 heavy (non-hydrogen) atoms. The Morgan fingerprint density at radius 1 is 1.11 bits per heavy atom. The van der Waals surface area contributed by atoms with Crippen LogP contribution in [0.25, 0.3) is 11.0 Å². The molecule has 7 nitrogen and oxygen atoms in total. The van der Waals surface area contributed by atoms with Crippen LogP contribution in [0.1, 0.15) is 20.7 Å². The lowest BCUT2D eigenvalue weighted by Gasteiger charge is -2.26. The Morgan fingerprint density at radius 3 is 2.74 bits per heavy atom. The molecule has 0 unspecified atom stereocenters. The van der Waals surface area contributed by atoms with Gasteiger partial charge in [-0.1, -0.05) is 6.07 Å². The zero-order chi connectivity index (χ0) is 18.8. The number of carbonyl (C=O) groups excluding carboxylic acids is 2. The normalized spacial score (nSPS) is 14.3. The Morgan fingerprint density at radius 2 is 1.93 bits per heavy atom. The minimum atomic E-state index is -0.627. The van der Waals surface area contributed by atoms with Crippen LogP contribution >= 0.6 is 11.8 Å². The van der Waals surface area contributed by atoms with Crippen LogP contribution in [0.15, 0.2) is 36.4 Å². The fourth-order valence-electron chi connectivity index (χ4n) is 2.92. The topological polar surface area (TPSA) is 91.0 Å². The second kappa shape index (κ2) is 7.36. The number of anilines is 1. The molecule has 0 radical (unpaired) electrons. The number of benzene rings is 2. The van der Waals surface area contributed by atoms with Crippen molar-refractivity contribution < 1.29 is 14.0 Å². The van der Waals surface area contributed by atoms with Gasteiger partial charge in [0.15, 0.2) is 5.82 Å². The minimum Gasteiger partial charge on any atom is -0.337 e. The second-order valence-corrected chi connectivity index (χ2v) is 7.31. The van der Waals surface area contributed by atoms with Crippen LogP contribution in [0.2, 0.25) is 0 Å². The summed E-state index contributed by atoms with van der Waals surface area (Å²) in [6.45, 7) is 1.44. The number of H-pyrrole nitrogens is 1. The maximum absolute atomic E-state index is 14.0. The molecule has 9 heteroatoms. The van der Waals surface area contributed by atoms with Gasteiger partial charge in [0.2, 0.25) is 0 Å². The number of nitrogens with one attached hydrogen (secondary N) is 2. The van der Waals surface area contributed by atoms with E-state index in [1.807, 2.05) is 16.7 Å². The van der Waals surface area contributed by atoms with Crippen LogP contribution < -0.4 is 5.32 Å². The maximum Gasteiger partial charge on any atom is 0.255 e. The maximum atomic E-state index is 14.0. The average molecular weight is 385 g/mol. The summed E-state index contributed by atoms with van der Waals surface area (Å²) in [6, 6.07) is 9.32. The summed E-state index contributed by atoms with van der Waals surface area (Å²) in [5.41, 5.74) is 1.46. The van der Waals surface area contributed by atoms with E-state index in [0.717, 1.165) is 30.7 Å². The molecule has 3 aromatic rings. The molecule has 0 aliphatic carbocycles. The standard InChI is InChI=1S/C18H16FN5O2S/c19-14-9-12(10-15-16(14)22-23-21-15)17(25)20-13-3-1-2-11(8-13)18(26)24-4-6-27-7-5-24/h1-3,8-10H,4-7H2,(H,20,25)(H,21,22,23). The Balaban J connectivity index is 1.53. The summed E-state index contributed by atoms with van der Waals surface area (Å²) >= 11 is 1.83. The quantitative estimate of drug-likeness (QED) is 0.723. The highest BCUT2D eigenvalue weighted by atomic mass is 32.2. The van der Waals surface area contributed by atoms with Crippen molar-refractivity contribution in [2.45, 2.75) is 0 Å². The van der Waals surface area contributed by atoms with Crippen LogP contribution in [-0.2, 0) is 0 Å². The lowest BCUT2D eigenvalue weighted by molar-refractivity contribution is 0.0772. The van der Waals surface area contributed by atoms with Crippen molar-refractivity contribution in [1.29, 1.82) is 0 Å². The zero-order valence-corrected chi connectivity index (χ0v) is 15.1. The molecule has 2 amide bonds. The van der Waals surface area contributed by atoms with Crippen molar-refractivity contribution >= 4 is 40.3 Å². The SMILES string of the molecule is O=C(Nc1cccc(C(=O)N2CCSCC2)c1)c1cc(F)c2n[nH]nc2c1.